The van der Waals surface area contributed by atoms with Gasteiger partial charge in [-0.2, -0.15) is 0 Å². The van der Waals surface area contributed by atoms with Crippen LogP contribution in [0.1, 0.15) is 26.3 Å². The molecule has 1 rings (SSSR count). The van der Waals surface area contributed by atoms with Gasteiger partial charge < -0.3 is 10.4 Å². The summed E-state index contributed by atoms with van der Waals surface area (Å²) < 4.78 is 26.5. The Morgan fingerprint density at radius 1 is 1.35 bits per heavy atom. The van der Waals surface area contributed by atoms with Crippen molar-refractivity contribution in [2.45, 2.75) is 26.3 Å². The van der Waals surface area contributed by atoms with Gasteiger partial charge in [0, 0.05) is 11.6 Å². The van der Waals surface area contributed by atoms with E-state index < -0.39 is 17.2 Å². The van der Waals surface area contributed by atoms with Crippen LogP contribution in [0.3, 0.4) is 0 Å². The maximum absolute atomic E-state index is 13.7. The van der Waals surface area contributed by atoms with E-state index in [1.807, 2.05) is 13.8 Å². The molecule has 1 aromatic carbocycles. The summed E-state index contributed by atoms with van der Waals surface area (Å²) in [6, 6.07) is 3.40. The van der Waals surface area contributed by atoms with Crippen LogP contribution in [0.2, 0.25) is 0 Å². The van der Waals surface area contributed by atoms with Crippen LogP contribution < -0.4 is 5.32 Å². The van der Waals surface area contributed by atoms with Crippen molar-refractivity contribution >= 4 is 0 Å². The fraction of sp³-hybridized carbons (Fsp3) is 0.538. The number of rotatable bonds is 5. The van der Waals surface area contributed by atoms with Gasteiger partial charge >= 0.3 is 0 Å². The van der Waals surface area contributed by atoms with Gasteiger partial charge in [0.25, 0.3) is 0 Å². The minimum Gasteiger partial charge on any atom is -0.394 e. The number of hydrogen-bond acceptors (Lipinski definition) is 2. The van der Waals surface area contributed by atoms with Crippen LogP contribution in [0.5, 0.6) is 0 Å². The van der Waals surface area contributed by atoms with E-state index in [1.54, 1.807) is 6.92 Å². The van der Waals surface area contributed by atoms with E-state index in [2.05, 4.69) is 5.32 Å². The van der Waals surface area contributed by atoms with E-state index in [0.29, 0.717) is 12.5 Å². The fourth-order valence-electron chi connectivity index (χ4n) is 1.60. The SMILES string of the molecule is CC(C)CNC(C)(CO)c1ccc(F)cc1F. The van der Waals surface area contributed by atoms with Gasteiger partial charge in [-0.3, -0.25) is 0 Å². The second-order valence-corrected chi connectivity index (χ2v) is 4.89. The lowest BCUT2D eigenvalue weighted by atomic mass is 9.91. The Morgan fingerprint density at radius 2 is 2.00 bits per heavy atom. The second kappa shape index (κ2) is 5.56. The summed E-state index contributed by atoms with van der Waals surface area (Å²) in [5.41, 5.74) is -0.607. The van der Waals surface area contributed by atoms with Gasteiger partial charge in [-0.1, -0.05) is 19.9 Å². The van der Waals surface area contributed by atoms with E-state index in [0.717, 1.165) is 6.07 Å². The van der Waals surface area contributed by atoms with Crippen molar-refractivity contribution in [3.63, 3.8) is 0 Å². The van der Waals surface area contributed by atoms with Crippen LogP contribution in [-0.4, -0.2) is 18.3 Å². The summed E-state index contributed by atoms with van der Waals surface area (Å²) in [5.74, 6) is -0.877. The van der Waals surface area contributed by atoms with Gasteiger partial charge in [-0.15, -0.1) is 0 Å². The van der Waals surface area contributed by atoms with Crippen molar-refractivity contribution in [1.82, 2.24) is 5.32 Å². The summed E-state index contributed by atoms with van der Waals surface area (Å²) in [7, 11) is 0. The molecule has 17 heavy (non-hydrogen) atoms. The molecule has 1 unspecified atom stereocenters. The number of hydrogen-bond donors (Lipinski definition) is 2. The van der Waals surface area contributed by atoms with Crippen molar-refractivity contribution < 1.29 is 13.9 Å². The first-order chi connectivity index (χ1) is 7.89. The van der Waals surface area contributed by atoms with Gasteiger partial charge in [0.15, 0.2) is 0 Å². The highest BCUT2D eigenvalue weighted by Gasteiger charge is 2.28. The van der Waals surface area contributed by atoms with Gasteiger partial charge in [-0.05, 0) is 25.5 Å². The predicted octanol–water partition coefficient (Wildman–Crippen LogP) is 2.42. The summed E-state index contributed by atoms with van der Waals surface area (Å²) in [6.07, 6.45) is 0. The Morgan fingerprint density at radius 3 is 2.47 bits per heavy atom. The number of halogens is 2. The molecule has 0 aliphatic carbocycles. The van der Waals surface area contributed by atoms with Gasteiger partial charge in [0.05, 0.1) is 12.1 Å². The van der Waals surface area contributed by atoms with Crippen LogP contribution in [0.25, 0.3) is 0 Å². The standard InChI is InChI=1S/C13H19F2NO/c1-9(2)7-16-13(3,8-17)11-5-4-10(14)6-12(11)15/h4-6,9,16-17H,7-8H2,1-3H3. The Labute approximate surface area is 101 Å². The van der Waals surface area contributed by atoms with Crippen molar-refractivity contribution in [3.05, 3.63) is 35.4 Å². The molecular weight excluding hydrogens is 224 g/mol. The average Bonchev–Trinajstić information content (AvgIpc) is 2.26. The summed E-state index contributed by atoms with van der Waals surface area (Å²) in [6.45, 7) is 6.14. The molecule has 0 heterocycles. The highest BCUT2D eigenvalue weighted by Crippen LogP contribution is 2.24. The van der Waals surface area contributed by atoms with Crippen LogP contribution >= 0.6 is 0 Å². The lowest BCUT2D eigenvalue weighted by Gasteiger charge is -2.30. The third-order valence-electron chi connectivity index (χ3n) is 2.74. The molecule has 2 N–H and O–H groups in total. The van der Waals surface area contributed by atoms with E-state index in [4.69, 9.17) is 0 Å². The lowest BCUT2D eigenvalue weighted by molar-refractivity contribution is 0.167. The fourth-order valence-corrected chi connectivity index (χ4v) is 1.60. The number of benzene rings is 1. The first-order valence-electron chi connectivity index (χ1n) is 5.70. The number of nitrogens with one attached hydrogen (secondary N) is 1. The normalized spacial score (nSPS) is 15.0. The molecule has 0 bridgehead atoms. The van der Waals surface area contributed by atoms with Gasteiger partial charge in [-0.25, -0.2) is 8.78 Å². The minimum atomic E-state index is -0.887. The predicted molar refractivity (Wildman–Crippen MR) is 63.6 cm³/mol. The molecule has 0 amide bonds. The van der Waals surface area contributed by atoms with Crippen molar-refractivity contribution in [1.29, 1.82) is 0 Å². The highest BCUT2D eigenvalue weighted by atomic mass is 19.1. The van der Waals surface area contributed by atoms with Crippen molar-refractivity contribution in [2.75, 3.05) is 13.2 Å². The molecular formula is C13H19F2NO. The Hall–Kier alpha value is -1.00. The Balaban J connectivity index is 2.98. The molecule has 0 saturated carbocycles. The molecule has 96 valence electrons. The summed E-state index contributed by atoms with van der Waals surface area (Å²) in [5, 5.41) is 12.5. The maximum Gasteiger partial charge on any atom is 0.131 e. The van der Waals surface area contributed by atoms with Crippen molar-refractivity contribution in [3.8, 4) is 0 Å². The zero-order valence-corrected chi connectivity index (χ0v) is 10.4. The highest BCUT2D eigenvalue weighted by molar-refractivity contribution is 5.26. The van der Waals surface area contributed by atoms with Gasteiger partial charge in [0.2, 0.25) is 0 Å². The second-order valence-electron chi connectivity index (χ2n) is 4.89. The van der Waals surface area contributed by atoms with E-state index in [-0.39, 0.29) is 12.2 Å². The molecule has 0 saturated heterocycles. The first kappa shape index (κ1) is 14.1. The summed E-state index contributed by atoms with van der Waals surface area (Å²) >= 11 is 0. The van der Waals surface area contributed by atoms with E-state index in [9.17, 15) is 13.9 Å². The first-order valence-corrected chi connectivity index (χ1v) is 5.70. The maximum atomic E-state index is 13.7. The Bertz CT molecular complexity index is 382. The zero-order chi connectivity index (χ0) is 13.1. The van der Waals surface area contributed by atoms with Crippen LogP contribution in [0.15, 0.2) is 18.2 Å². The average molecular weight is 243 g/mol. The molecule has 0 aliphatic heterocycles. The van der Waals surface area contributed by atoms with E-state index >= 15 is 0 Å². The molecule has 1 aromatic rings. The molecule has 1 atom stereocenters. The third-order valence-corrected chi connectivity index (χ3v) is 2.74. The minimum absolute atomic E-state index is 0.248. The van der Waals surface area contributed by atoms with Crippen molar-refractivity contribution in [2.24, 2.45) is 5.92 Å². The molecule has 0 aromatic heterocycles. The molecule has 4 heteroatoms. The molecule has 0 radical (unpaired) electrons. The largest absolute Gasteiger partial charge is 0.394 e. The molecule has 0 fully saturated rings. The smallest absolute Gasteiger partial charge is 0.131 e. The van der Waals surface area contributed by atoms with Crippen LogP contribution in [-0.2, 0) is 5.54 Å². The lowest BCUT2D eigenvalue weighted by Crippen LogP contribution is -2.45. The Kier molecular flexibility index (Phi) is 4.60. The van der Waals surface area contributed by atoms with E-state index in [1.165, 1.54) is 12.1 Å². The topological polar surface area (TPSA) is 32.3 Å². The number of aliphatic hydroxyl groups excluding tert-OH is 1. The van der Waals surface area contributed by atoms with Crippen LogP contribution in [0.4, 0.5) is 8.78 Å². The molecule has 0 spiro atoms. The zero-order valence-electron chi connectivity index (χ0n) is 10.4. The summed E-state index contributed by atoms with van der Waals surface area (Å²) in [4.78, 5) is 0. The van der Waals surface area contributed by atoms with Gasteiger partial charge in [0.1, 0.15) is 11.6 Å². The monoisotopic (exact) mass is 243 g/mol. The third kappa shape index (κ3) is 3.48. The number of aliphatic hydroxyl groups is 1. The van der Waals surface area contributed by atoms with Crippen LogP contribution in [0, 0.1) is 17.6 Å². The quantitative estimate of drug-likeness (QED) is 0.832. The molecule has 0 aliphatic rings. The molecule has 2 nitrogen and oxygen atoms in total.